The molecule has 1 aliphatic rings. The van der Waals surface area contributed by atoms with Crippen molar-refractivity contribution in [2.75, 3.05) is 11.9 Å². The number of carbonyl (C=O) groups excluding carboxylic acids is 1. The van der Waals surface area contributed by atoms with E-state index in [-0.39, 0.29) is 36.7 Å². The van der Waals surface area contributed by atoms with Gasteiger partial charge in [-0.25, -0.2) is 4.98 Å². The minimum Gasteiger partial charge on any atom is -0.349 e. The van der Waals surface area contributed by atoms with Crippen molar-refractivity contribution in [3.8, 4) is 11.8 Å². The Kier molecular flexibility index (Phi) is 7.44. The number of benzene rings is 1. The third-order valence-electron chi connectivity index (χ3n) is 6.45. The number of nitrogens with zero attached hydrogens (tertiary/aromatic N) is 4. The van der Waals surface area contributed by atoms with E-state index in [4.69, 9.17) is 0 Å². The maximum atomic E-state index is 13.5. The van der Waals surface area contributed by atoms with Gasteiger partial charge in [0.15, 0.2) is 0 Å². The molecule has 1 N–H and O–H groups in total. The van der Waals surface area contributed by atoms with Crippen molar-refractivity contribution in [3.05, 3.63) is 91.3 Å². The average Bonchev–Trinajstić information content (AvgIpc) is 2.89. The predicted molar refractivity (Wildman–Crippen MR) is 136 cm³/mol. The third-order valence-corrected chi connectivity index (χ3v) is 6.45. The molecule has 0 bridgehead atoms. The molecule has 0 radical (unpaired) electrons. The van der Waals surface area contributed by atoms with Crippen LogP contribution in [-0.4, -0.2) is 31.5 Å². The second-order valence-corrected chi connectivity index (χ2v) is 8.98. The highest BCUT2D eigenvalue weighted by Crippen LogP contribution is 2.30. The molecule has 0 unspecified atom stereocenters. The van der Waals surface area contributed by atoms with Crippen molar-refractivity contribution < 1.29 is 18.0 Å². The van der Waals surface area contributed by atoms with E-state index in [1.165, 1.54) is 32.2 Å². The van der Waals surface area contributed by atoms with E-state index in [0.29, 0.717) is 23.2 Å². The highest BCUT2D eigenvalue weighted by molar-refractivity contribution is 5.94. The van der Waals surface area contributed by atoms with Crippen LogP contribution in [0.25, 0.3) is 0 Å². The molecule has 2 aromatic heterocycles. The summed E-state index contributed by atoms with van der Waals surface area (Å²) in [5.74, 6) is 5.36. The molecule has 0 saturated carbocycles. The quantitative estimate of drug-likeness (QED) is 0.516. The predicted octanol–water partition coefficient (Wildman–Crippen LogP) is 3.36. The maximum Gasteiger partial charge on any atom is 0.416 e. The van der Waals surface area contributed by atoms with Gasteiger partial charge in [-0.2, -0.15) is 13.2 Å². The van der Waals surface area contributed by atoms with Gasteiger partial charge in [-0.1, -0.05) is 18.1 Å². The van der Waals surface area contributed by atoms with E-state index < -0.39 is 29.2 Å². The maximum absolute atomic E-state index is 13.5. The first kappa shape index (κ1) is 26.7. The molecular weight excluding hydrogens is 499 g/mol. The Balaban J connectivity index is 1.64. The highest BCUT2D eigenvalue weighted by atomic mass is 19.4. The Labute approximate surface area is 216 Å². The molecule has 0 fully saturated rings. The van der Waals surface area contributed by atoms with Crippen LogP contribution in [0.2, 0.25) is 0 Å². The number of anilines is 1. The van der Waals surface area contributed by atoms with E-state index in [2.05, 4.69) is 22.1 Å². The van der Waals surface area contributed by atoms with Crippen LogP contribution < -0.4 is 16.4 Å². The van der Waals surface area contributed by atoms with E-state index in [1.54, 1.807) is 33.2 Å². The largest absolute Gasteiger partial charge is 0.416 e. The van der Waals surface area contributed by atoms with Crippen molar-refractivity contribution in [2.45, 2.75) is 45.6 Å². The number of hydrogen-bond acceptors (Lipinski definition) is 5. The first-order valence-electron chi connectivity index (χ1n) is 11.9. The van der Waals surface area contributed by atoms with E-state index in [9.17, 15) is 27.6 Å². The van der Waals surface area contributed by atoms with Crippen LogP contribution in [0.5, 0.6) is 0 Å². The van der Waals surface area contributed by atoms with E-state index in [1.807, 2.05) is 0 Å². The molecule has 3 heterocycles. The Morgan fingerprint density at radius 3 is 2.53 bits per heavy atom. The first-order chi connectivity index (χ1) is 18.0. The number of halogens is 3. The lowest BCUT2D eigenvalue weighted by Crippen LogP contribution is -2.43. The number of hydrogen-bond donors (Lipinski definition) is 1. The molecule has 198 valence electrons. The molecular formula is C27H26F3N5O3. The number of nitrogens with one attached hydrogen (secondary N) is 1. The smallest absolute Gasteiger partial charge is 0.349 e. The summed E-state index contributed by atoms with van der Waals surface area (Å²) in [6.07, 6.45) is -2.58. The molecule has 3 aromatic rings. The number of rotatable bonds is 5. The van der Waals surface area contributed by atoms with Crippen molar-refractivity contribution in [2.24, 2.45) is 7.05 Å². The SMILES string of the molecule is CC#CCn1c(N[C@@H](C)c2ccc(C(F)(F)F)cc2)nc2c(c1=O)CN(C(=O)c1cccn(C)c1=O)CC2. The third kappa shape index (κ3) is 5.34. The Bertz CT molecular complexity index is 1550. The number of amides is 1. The summed E-state index contributed by atoms with van der Waals surface area (Å²) in [5, 5.41) is 3.14. The highest BCUT2D eigenvalue weighted by Gasteiger charge is 2.31. The van der Waals surface area contributed by atoms with Crippen LogP contribution in [0.3, 0.4) is 0 Å². The minimum atomic E-state index is -4.43. The lowest BCUT2D eigenvalue weighted by Gasteiger charge is -2.29. The van der Waals surface area contributed by atoms with Gasteiger partial charge < -0.3 is 14.8 Å². The minimum absolute atomic E-state index is 0.00760. The van der Waals surface area contributed by atoms with Gasteiger partial charge in [0.2, 0.25) is 5.95 Å². The van der Waals surface area contributed by atoms with Crippen molar-refractivity contribution in [1.29, 1.82) is 0 Å². The van der Waals surface area contributed by atoms with Gasteiger partial charge in [0.25, 0.3) is 17.0 Å². The van der Waals surface area contributed by atoms with E-state index in [0.717, 1.165) is 12.1 Å². The normalized spacial score (nSPS) is 13.8. The molecule has 1 atom stereocenters. The van der Waals surface area contributed by atoms with Crippen LogP contribution in [0.15, 0.2) is 52.2 Å². The molecule has 1 amide bonds. The number of aryl methyl sites for hydroxylation is 1. The van der Waals surface area contributed by atoms with Crippen LogP contribution in [0.1, 0.15) is 52.6 Å². The van der Waals surface area contributed by atoms with Crippen LogP contribution in [-0.2, 0) is 32.7 Å². The summed E-state index contributed by atoms with van der Waals surface area (Å²) in [6.45, 7) is 3.68. The molecule has 0 saturated heterocycles. The summed E-state index contributed by atoms with van der Waals surface area (Å²) in [7, 11) is 1.56. The number of alkyl halides is 3. The lowest BCUT2D eigenvalue weighted by atomic mass is 10.0. The number of pyridine rings is 1. The molecule has 1 aliphatic heterocycles. The molecule has 8 nitrogen and oxygen atoms in total. The molecule has 38 heavy (non-hydrogen) atoms. The molecule has 0 aliphatic carbocycles. The topological polar surface area (TPSA) is 89.2 Å². The second-order valence-electron chi connectivity index (χ2n) is 8.98. The average molecular weight is 526 g/mol. The van der Waals surface area contributed by atoms with Crippen LogP contribution in [0, 0.1) is 11.8 Å². The summed E-state index contributed by atoms with van der Waals surface area (Å²) in [5.41, 5.74) is -0.0903. The fourth-order valence-electron chi connectivity index (χ4n) is 4.27. The Morgan fingerprint density at radius 1 is 1.16 bits per heavy atom. The molecule has 1 aromatic carbocycles. The van der Waals surface area contributed by atoms with Gasteiger partial charge in [-0.05, 0) is 43.7 Å². The molecule has 11 heteroatoms. The van der Waals surface area contributed by atoms with Gasteiger partial charge in [0.05, 0.1) is 36.0 Å². The second kappa shape index (κ2) is 10.6. The number of aromatic nitrogens is 3. The summed E-state index contributed by atoms with van der Waals surface area (Å²) >= 11 is 0. The van der Waals surface area contributed by atoms with Crippen LogP contribution in [0.4, 0.5) is 19.1 Å². The van der Waals surface area contributed by atoms with Gasteiger partial charge in [-0.3, -0.25) is 19.0 Å². The Hall–Kier alpha value is -4.33. The van der Waals surface area contributed by atoms with Crippen molar-refractivity contribution >= 4 is 11.9 Å². The standard InChI is InChI=1S/C27H26F3N5O3/c1-4-5-14-35-25(38)21-16-34(24(37)20-7-6-13-33(3)23(20)36)15-12-22(21)32-26(35)31-17(2)18-8-10-19(11-9-18)27(28,29)30/h6-11,13,17H,12,14-16H2,1-3H3,(H,31,32)/t17-/m0/s1. The number of carbonyl (C=O) groups is 1. The van der Waals surface area contributed by atoms with Crippen molar-refractivity contribution in [1.82, 2.24) is 19.0 Å². The Morgan fingerprint density at radius 2 is 1.87 bits per heavy atom. The van der Waals surface area contributed by atoms with Gasteiger partial charge in [-0.15, -0.1) is 5.92 Å². The van der Waals surface area contributed by atoms with Crippen molar-refractivity contribution in [3.63, 3.8) is 0 Å². The monoisotopic (exact) mass is 525 g/mol. The zero-order valence-electron chi connectivity index (χ0n) is 21.1. The van der Waals surface area contributed by atoms with Gasteiger partial charge in [0, 0.05) is 26.2 Å². The molecule has 4 rings (SSSR count). The van der Waals surface area contributed by atoms with Gasteiger partial charge in [0.1, 0.15) is 5.56 Å². The first-order valence-corrected chi connectivity index (χ1v) is 11.9. The fourth-order valence-corrected chi connectivity index (χ4v) is 4.27. The zero-order chi connectivity index (χ0) is 27.6. The molecule has 0 spiro atoms. The summed E-state index contributed by atoms with van der Waals surface area (Å²) in [6, 6.07) is 7.39. The fraction of sp³-hybridized carbons (Fsp3) is 0.333. The van der Waals surface area contributed by atoms with E-state index >= 15 is 0 Å². The number of fused-ring (bicyclic) bond motifs is 1. The summed E-state index contributed by atoms with van der Waals surface area (Å²) < 4.78 is 41.5. The van der Waals surface area contributed by atoms with Crippen LogP contribution >= 0.6 is 0 Å². The summed E-state index contributed by atoms with van der Waals surface area (Å²) in [4.78, 5) is 45.1. The zero-order valence-corrected chi connectivity index (χ0v) is 21.1. The lowest BCUT2D eigenvalue weighted by molar-refractivity contribution is -0.137. The van der Waals surface area contributed by atoms with Gasteiger partial charge >= 0.3 is 6.18 Å².